The highest BCUT2D eigenvalue weighted by atomic mass is 79.9. The van der Waals surface area contributed by atoms with Crippen molar-refractivity contribution in [1.29, 1.82) is 0 Å². The summed E-state index contributed by atoms with van der Waals surface area (Å²) in [7, 11) is 0. The van der Waals surface area contributed by atoms with E-state index in [1.165, 1.54) is 0 Å². The Kier molecular flexibility index (Phi) is 5.85. The molecule has 0 bridgehead atoms. The van der Waals surface area contributed by atoms with Gasteiger partial charge < -0.3 is 4.74 Å². The fourth-order valence-corrected chi connectivity index (χ4v) is 3.18. The van der Waals surface area contributed by atoms with Crippen LogP contribution in [0.4, 0.5) is 0 Å². The molecule has 0 aliphatic rings. The second kappa shape index (κ2) is 8.28. The lowest BCUT2D eigenvalue weighted by Gasteiger charge is -2.36. The SMILES string of the molecule is C=C(CBr)COC(c1ccccc1)(c1ccccc1)c1ccccc1. The van der Waals surface area contributed by atoms with Crippen LogP contribution in [0.1, 0.15) is 16.7 Å². The Morgan fingerprint density at radius 1 is 0.720 bits per heavy atom. The Morgan fingerprint density at radius 2 is 1.08 bits per heavy atom. The van der Waals surface area contributed by atoms with Crippen LogP contribution in [0, 0.1) is 0 Å². The molecule has 3 aromatic rings. The van der Waals surface area contributed by atoms with Gasteiger partial charge in [-0.05, 0) is 22.3 Å². The van der Waals surface area contributed by atoms with Crippen molar-refractivity contribution in [1.82, 2.24) is 0 Å². The van der Waals surface area contributed by atoms with E-state index < -0.39 is 5.60 Å². The number of halogens is 1. The number of rotatable bonds is 7. The van der Waals surface area contributed by atoms with E-state index in [1.807, 2.05) is 18.2 Å². The summed E-state index contributed by atoms with van der Waals surface area (Å²) < 4.78 is 6.61. The number of hydrogen-bond donors (Lipinski definition) is 0. The van der Waals surface area contributed by atoms with Crippen molar-refractivity contribution in [2.24, 2.45) is 0 Å². The first-order chi connectivity index (χ1) is 12.3. The number of alkyl halides is 1. The van der Waals surface area contributed by atoms with Gasteiger partial charge in [0.25, 0.3) is 0 Å². The molecule has 0 aliphatic heterocycles. The van der Waals surface area contributed by atoms with Gasteiger partial charge in [0.05, 0.1) is 6.61 Å². The van der Waals surface area contributed by atoms with Gasteiger partial charge in [-0.1, -0.05) is 114 Å². The molecule has 0 N–H and O–H groups in total. The molecule has 0 fully saturated rings. The highest BCUT2D eigenvalue weighted by Crippen LogP contribution is 2.40. The third-order valence-electron chi connectivity index (χ3n) is 4.22. The fraction of sp³-hybridized carbons (Fsp3) is 0.130. The summed E-state index contributed by atoms with van der Waals surface area (Å²) in [6, 6.07) is 31.1. The lowest BCUT2D eigenvalue weighted by atomic mass is 9.80. The topological polar surface area (TPSA) is 9.23 Å². The summed E-state index contributed by atoms with van der Waals surface area (Å²) in [6.45, 7) is 4.56. The second-order valence-electron chi connectivity index (χ2n) is 5.95. The molecule has 25 heavy (non-hydrogen) atoms. The normalized spacial score (nSPS) is 11.2. The van der Waals surface area contributed by atoms with Crippen molar-refractivity contribution in [3.05, 3.63) is 120 Å². The molecule has 0 spiro atoms. The molecule has 0 heterocycles. The zero-order valence-electron chi connectivity index (χ0n) is 14.1. The Labute approximate surface area is 158 Å². The Morgan fingerprint density at radius 3 is 1.40 bits per heavy atom. The van der Waals surface area contributed by atoms with Crippen LogP contribution < -0.4 is 0 Å². The molecule has 0 amide bonds. The Bertz CT molecular complexity index is 701. The third-order valence-corrected chi connectivity index (χ3v) is 5.02. The predicted octanol–water partition coefficient (Wildman–Crippen LogP) is 5.95. The van der Waals surface area contributed by atoms with E-state index in [0.29, 0.717) is 6.61 Å². The largest absolute Gasteiger partial charge is 0.356 e. The molecule has 3 aromatic carbocycles. The van der Waals surface area contributed by atoms with Gasteiger partial charge in [-0.3, -0.25) is 0 Å². The predicted molar refractivity (Wildman–Crippen MR) is 108 cm³/mol. The first-order valence-corrected chi connectivity index (χ1v) is 9.42. The van der Waals surface area contributed by atoms with E-state index in [4.69, 9.17) is 4.74 Å². The summed E-state index contributed by atoms with van der Waals surface area (Å²) in [5, 5.41) is 0.724. The summed E-state index contributed by atoms with van der Waals surface area (Å²) >= 11 is 3.47. The zero-order chi connectivity index (χ0) is 17.5. The van der Waals surface area contributed by atoms with Crippen molar-refractivity contribution in [3.8, 4) is 0 Å². The molecule has 0 radical (unpaired) electrons. The zero-order valence-corrected chi connectivity index (χ0v) is 15.7. The van der Waals surface area contributed by atoms with Crippen LogP contribution >= 0.6 is 15.9 Å². The maximum absolute atomic E-state index is 6.61. The first kappa shape index (κ1) is 17.7. The number of ether oxygens (including phenoxy) is 1. The molecular formula is C23H21BrO. The summed E-state index contributed by atoms with van der Waals surface area (Å²) in [5.74, 6) is 0. The average molecular weight is 393 g/mol. The van der Waals surface area contributed by atoms with Gasteiger partial charge in [-0.2, -0.15) is 0 Å². The summed E-state index contributed by atoms with van der Waals surface area (Å²) in [4.78, 5) is 0. The molecule has 0 atom stereocenters. The van der Waals surface area contributed by atoms with E-state index in [9.17, 15) is 0 Å². The molecule has 2 heteroatoms. The second-order valence-corrected chi connectivity index (χ2v) is 6.51. The van der Waals surface area contributed by atoms with Crippen LogP contribution in [0.5, 0.6) is 0 Å². The molecule has 0 saturated heterocycles. The molecule has 126 valence electrons. The molecule has 0 aromatic heterocycles. The van der Waals surface area contributed by atoms with E-state index in [-0.39, 0.29) is 0 Å². The standard InChI is InChI=1S/C23H21BrO/c1-19(17-24)18-25-23(20-11-5-2-6-12-20,21-13-7-3-8-14-21)22-15-9-4-10-16-22/h2-16H,1,17-18H2. The molecule has 0 unspecified atom stereocenters. The third kappa shape index (κ3) is 3.76. The van der Waals surface area contributed by atoms with Gasteiger partial charge in [0.15, 0.2) is 0 Å². The highest BCUT2D eigenvalue weighted by Gasteiger charge is 2.37. The number of hydrogen-bond acceptors (Lipinski definition) is 1. The molecule has 0 aliphatic carbocycles. The van der Waals surface area contributed by atoms with Gasteiger partial charge in [0.1, 0.15) is 5.60 Å². The van der Waals surface area contributed by atoms with Crippen LogP contribution in [-0.4, -0.2) is 11.9 Å². The average Bonchev–Trinajstić information content (AvgIpc) is 2.71. The van der Waals surface area contributed by atoms with E-state index in [1.54, 1.807) is 0 Å². The molecule has 1 nitrogen and oxygen atoms in total. The van der Waals surface area contributed by atoms with Crippen LogP contribution in [0.15, 0.2) is 103 Å². The maximum Gasteiger partial charge on any atom is 0.144 e. The van der Waals surface area contributed by atoms with E-state index in [0.717, 1.165) is 27.6 Å². The lowest BCUT2D eigenvalue weighted by molar-refractivity contribution is 0.0282. The fourth-order valence-electron chi connectivity index (χ4n) is 3.02. The Hall–Kier alpha value is -2.16. The van der Waals surface area contributed by atoms with Crippen molar-refractivity contribution in [3.63, 3.8) is 0 Å². The highest BCUT2D eigenvalue weighted by molar-refractivity contribution is 9.09. The number of benzene rings is 3. The van der Waals surface area contributed by atoms with Crippen molar-refractivity contribution in [2.45, 2.75) is 5.60 Å². The molecule has 0 saturated carbocycles. The van der Waals surface area contributed by atoms with Crippen LogP contribution in [0.2, 0.25) is 0 Å². The monoisotopic (exact) mass is 392 g/mol. The van der Waals surface area contributed by atoms with Gasteiger partial charge in [0, 0.05) is 5.33 Å². The van der Waals surface area contributed by atoms with Gasteiger partial charge in [0.2, 0.25) is 0 Å². The molecular weight excluding hydrogens is 372 g/mol. The minimum atomic E-state index is -0.672. The van der Waals surface area contributed by atoms with Crippen molar-refractivity contribution in [2.75, 3.05) is 11.9 Å². The Balaban J connectivity index is 2.22. The van der Waals surface area contributed by atoms with Crippen LogP contribution in [0.3, 0.4) is 0 Å². The van der Waals surface area contributed by atoms with Gasteiger partial charge in [-0.15, -0.1) is 0 Å². The van der Waals surface area contributed by atoms with Gasteiger partial charge in [-0.25, -0.2) is 0 Å². The maximum atomic E-state index is 6.61. The first-order valence-electron chi connectivity index (χ1n) is 8.30. The smallest absolute Gasteiger partial charge is 0.144 e. The minimum absolute atomic E-state index is 0.476. The molecule has 3 rings (SSSR count). The van der Waals surface area contributed by atoms with E-state index >= 15 is 0 Å². The van der Waals surface area contributed by atoms with Crippen molar-refractivity contribution >= 4 is 15.9 Å². The van der Waals surface area contributed by atoms with Crippen LogP contribution in [0.25, 0.3) is 0 Å². The lowest BCUT2D eigenvalue weighted by Crippen LogP contribution is -2.33. The quantitative estimate of drug-likeness (QED) is 0.274. The minimum Gasteiger partial charge on any atom is -0.356 e. The summed E-state index contributed by atoms with van der Waals surface area (Å²) in [6.07, 6.45) is 0. The van der Waals surface area contributed by atoms with Crippen molar-refractivity contribution < 1.29 is 4.74 Å². The van der Waals surface area contributed by atoms with Crippen LogP contribution in [-0.2, 0) is 10.3 Å². The summed E-state index contributed by atoms with van der Waals surface area (Å²) in [5.41, 5.74) is 3.65. The van der Waals surface area contributed by atoms with Gasteiger partial charge >= 0.3 is 0 Å². The van der Waals surface area contributed by atoms with E-state index in [2.05, 4.69) is 95.3 Å².